The molecule has 0 radical (unpaired) electrons. The second-order valence-corrected chi connectivity index (χ2v) is 6.12. The molecule has 1 amide bonds. The Kier molecular flexibility index (Phi) is 4.96. The lowest BCUT2D eigenvalue weighted by Crippen LogP contribution is -2.23. The first kappa shape index (κ1) is 16.3. The van der Waals surface area contributed by atoms with Gasteiger partial charge in [-0.15, -0.1) is 0 Å². The van der Waals surface area contributed by atoms with Gasteiger partial charge in [0.05, 0.1) is 12.8 Å². The van der Waals surface area contributed by atoms with Crippen LogP contribution < -0.4 is 10.1 Å². The first-order valence-electron chi connectivity index (χ1n) is 7.38. The summed E-state index contributed by atoms with van der Waals surface area (Å²) in [4.78, 5) is 12.2. The number of hydrogen-bond acceptors (Lipinski definition) is 3. The monoisotopic (exact) mass is 385 g/mol. The zero-order valence-electron chi connectivity index (χ0n) is 13.0. The number of ether oxygens (including phenoxy) is 1. The maximum Gasteiger partial charge on any atom is 0.269 e. The molecule has 5 nitrogen and oxygen atoms in total. The molecule has 0 aliphatic carbocycles. The molecule has 1 heterocycles. The number of rotatable bonds is 5. The normalized spacial score (nSPS) is 10.4. The topological polar surface area (TPSA) is 67.0 Å². The summed E-state index contributed by atoms with van der Waals surface area (Å²) in [6, 6.07) is 17.1. The smallest absolute Gasteiger partial charge is 0.269 e. The second-order valence-electron chi connectivity index (χ2n) is 5.20. The van der Waals surface area contributed by atoms with Gasteiger partial charge >= 0.3 is 0 Å². The van der Waals surface area contributed by atoms with Gasteiger partial charge in [0.1, 0.15) is 11.4 Å². The van der Waals surface area contributed by atoms with Crippen LogP contribution in [0.3, 0.4) is 0 Å². The van der Waals surface area contributed by atoms with Gasteiger partial charge in [-0.2, -0.15) is 5.10 Å². The molecule has 0 unspecified atom stereocenters. The van der Waals surface area contributed by atoms with E-state index in [9.17, 15) is 4.79 Å². The van der Waals surface area contributed by atoms with Gasteiger partial charge in [-0.3, -0.25) is 9.89 Å². The average molecular weight is 386 g/mol. The van der Waals surface area contributed by atoms with Gasteiger partial charge in [-0.1, -0.05) is 40.2 Å². The number of nitrogens with one attached hydrogen (secondary N) is 2. The van der Waals surface area contributed by atoms with Crippen LogP contribution in [0.15, 0.2) is 59.1 Å². The van der Waals surface area contributed by atoms with E-state index in [1.54, 1.807) is 13.2 Å². The standard InChI is InChI=1S/C18H16BrN3O2/c1-24-15-8-2-12(3-9-15)11-20-18(23)17-10-16(21-22-17)13-4-6-14(19)7-5-13/h2-10H,11H2,1H3,(H,20,23)(H,21,22). The van der Waals surface area contributed by atoms with Crippen LogP contribution in [0, 0.1) is 0 Å². The minimum atomic E-state index is -0.193. The highest BCUT2D eigenvalue weighted by molar-refractivity contribution is 9.10. The number of benzene rings is 2. The Bertz CT molecular complexity index is 826. The first-order valence-corrected chi connectivity index (χ1v) is 8.17. The third-order valence-electron chi connectivity index (χ3n) is 3.57. The van der Waals surface area contributed by atoms with Crippen molar-refractivity contribution >= 4 is 21.8 Å². The molecule has 0 aliphatic heterocycles. The summed E-state index contributed by atoms with van der Waals surface area (Å²) in [7, 11) is 1.62. The number of carbonyl (C=O) groups excluding carboxylic acids is 1. The summed E-state index contributed by atoms with van der Waals surface area (Å²) in [6.45, 7) is 0.440. The van der Waals surface area contributed by atoms with E-state index in [2.05, 4.69) is 31.4 Å². The molecule has 0 bridgehead atoms. The van der Waals surface area contributed by atoms with Gasteiger partial charge in [0, 0.05) is 16.6 Å². The molecule has 0 atom stereocenters. The van der Waals surface area contributed by atoms with E-state index in [1.807, 2.05) is 48.5 Å². The van der Waals surface area contributed by atoms with Crippen molar-refractivity contribution in [1.82, 2.24) is 15.5 Å². The van der Waals surface area contributed by atoms with Crippen LogP contribution in [0.5, 0.6) is 5.75 Å². The summed E-state index contributed by atoms with van der Waals surface area (Å²) < 4.78 is 6.11. The maximum absolute atomic E-state index is 12.2. The van der Waals surface area contributed by atoms with Crippen molar-refractivity contribution in [2.45, 2.75) is 6.54 Å². The van der Waals surface area contributed by atoms with Crippen LogP contribution in [0.1, 0.15) is 16.1 Å². The van der Waals surface area contributed by atoms with Gasteiger partial charge < -0.3 is 10.1 Å². The van der Waals surface area contributed by atoms with Crippen LogP contribution in [0.4, 0.5) is 0 Å². The molecule has 2 N–H and O–H groups in total. The Morgan fingerprint density at radius 3 is 2.54 bits per heavy atom. The van der Waals surface area contributed by atoms with Crippen molar-refractivity contribution in [3.8, 4) is 17.0 Å². The third-order valence-corrected chi connectivity index (χ3v) is 4.10. The highest BCUT2D eigenvalue weighted by atomic mass is 79.9. The van der Waals surface area contributed by atoms with Crippen molar-refractivity contribution in [2.75, 3.05) is 7.11 Å². The first-order chi connectivity index (χ1) is 11.7. The SMILES string of the molecule is COc1ccc(CNC(=O)c2cc(-c3ccc(Br)cc3)n[nH]2)cc1. The molecular weight excluding hydrogens is 370 g/mol. The van der Waals surface area contributed by atoms with Crippen LogP contribution in [0.25, 0.3) is 11.3 Å². The van der Waals surface area contributed by atoms with Crippen molar-refractivity contribution < 1.29 is 9.53 Å². The second kappa shape index (κ2) is 7.31. The van der Waals surface area contributed by atoms with E-state index in [0.717, 1.165) is 27.0 Å². The lowest BCUT2D eigenvalue weighted by atomic mass is 10.1. The van der Waals surface area contributed by atoms with Crippen LogP contribution >= 0.6 is 15.9 Å². The summed E-state index contributed by atoms with van der Waals surface area (Å²) >= 11 is 3.40. The number of H-pyrrole nitrogens is 1. The quantitative estimate of drug-likeness (QED) is 0.702. The minimum Gasteiger partial charge on any atom is -0.497 e. The fourth-order valence-electron chi connectivity index (χ4n) is 2.23. The molecule has 1 aromatic heterocycles. The highest BCUT2D eigenvalue weighted by Crippen LogP contribution is 2.20. The molecule has 0 spiro atoms. The summed E-state index contributed by atoms with van der Waals surface area (Å²) in [5.74, 6) is 0.597. The number of methoxy groups -OCH3 is 1. The maximum atomic E-state index is 12.2. The molecule has 0 fully saturated rings. The Morgan fingerprint density at radius 2 is 1.88 bits per heavy atom. The molecule has 2 aromatic carbocycles. The van der Waals surface area contributed by atoms with Crippen molar-refractivity contribution in [2.24, 2.45) is 0 Å². The van der Waals surface area contributed by atoms with E-state index >= 15 is 0 Å². The molecule has 6 heteroatoms. The van der Waals surface area contributed by atoms with Gasteiger partial charge in [0.25, 0.3) is 5.91 Å². The molecule has 0 saturated carbocycles. The molecular formula is C18H16BrN3O2. The zero-order chi connectivity index (χ0) is 16.9. The van der Waals surface area contributed by atoms with Crippen LogP contribution in [0.2, 0.25) is 0 Å². The lowest BCUT2D eigenvalue weighted by Gasteiger charge is -2.05. The third kappa shape index (κ3) is 3.83. The Labute approximate surface area is 148 Å². The van der Waals surface area contributed by atoms with E-state index in [4.69, 9.17) is 4.74 Å². The zero-order valence-corrected chi connectivity index (χ0v) is 14.6. The van der Waals surface area contributed by atoms with Gasteiger partial charge in [-0.25, -0.2) is 0 Å². The number of halogens is 1. The summed E-state index contributed by atoms with van der Waals surface area (Å²) in [5.41, 5.74) is 3.11. The molecule has 0 saturated heterocycles. The van der Waals surface area contributed by atoms with Crippen molar-refractivity contribution in [1.29, 1.82) is 0 Å². The number of aromatic amines is 1. The molecule has 0 aliphatic rings. The number of hydrogen-bond donors (Lipinski definition) is 2. The predicted molar refractivity (Wildman–Crippen MR) is 95.9 cm³/mol. The van der Waals surface area contributed by atoms with E-state index < -0.39 is 0 Å². The molecule has 24 heavy (non-hydrogen) atoms. The molecule has 3 aromatic rings. The van der Waals surface area contributed by atoms with Gasteiger partial charge in [0.2, 0.25) is 0 Å². The fraction of sp³-hybridized carbons (Fsp3) is 0.111. The van der Waals surface area contributed by atoms with E-state index in [0.29, 0.717) is 12.2 Å². The van der Waals surface area contributed by atoms with Crippen LogP contribution in [-0.2, 0) is 6.54 Å². The van der Waals surface area contributed by atoms with E-state index in [-0.39, 0.29) is 5.91 Å². The molecule has 122 valence electrons. The minimum absolute atomic E-state index is 0.193. The summed E-state index contributed by atoms with van der Waals surface area (Å²) in [5, 5.41) is 9.84. The Morgan fingerprint density at radius 1 is 1.17 bits per heavy atom. The Hall–Kier alpha value is -2.60. The Balaban J connectivity index is 1.64. The highest BCUT2D eigenvalue weighted by Gasteiger charge is 2.10. The van der Waals surface area contributed by atoms with Crippen molar-refractivity contribution in [3.63, 3.8) is 0 Å². The fourth-order valence-corrected chi connectivity index (χ4v) is 2.49. The van der Waals surface area contributed by atoms with Crippen LogP contribution in [-0.4, -0.2) is 23.2 Å². The lowest BCUT2D eigenvalue weighted by molar-refractivity contribution is 0.0946. The van der Waals surface area contributed by atoms with Gasteiger partial charge in [-0.05, 0) is 35.9 Å². The van der Waals surface area contributed by atoms with Crippen molar-refractivity contribution in [3.05, 3.63) is 70.3 Å². The predicted octanol–water partition coefficient (Wildman–Crippen LogP) is 3.78. The summed E-state index contributed by atoms with van der Waals surface area (Å²) in [6.07, 6.45) is 0. The number of nitrogens with zero attached hydrogens (tertiary/aromatic N) is 1. The largest absolute Gasteiger partial charge is 0.497 e. The molecule has 3 rings (SSSR count). The number of aromatic nitrogens is 2. The van der Waals surface area contributed by atoms with Gasteiger partial charge in [0.15, 0.2) is 0 Å². The average Bonchev–Trinajstić information content (AvgIpc) is 3.11. The number of carbonyl (C=O) groups is 1. The van der Waals surface area contributed by atoms with E-state index in [1.165, 1.54) is 0 Å². The number of amides is 1.